The van der Waals surface area contributed by atoms with E-state index in [1.807, 2.05) is 45.0 Å². The number of anilines is 5. The van der Waals surface area contributed by atoms with E-state index in [9.17, 15) is 43.2 Å². The van der Waals surface area contributed by atoms with E-state index in [2.05, 4.69) is 57.5 Å². The topological polar surface area (TPSA) is 337 Å². The number of fused-ring (bicyclic) bond motifs is 2. The van der Waals surface area contributed by atoms with Crippen molar-refractivity contribution in [2.45, 2.75) is 154 Å². The Balaban J connectivity index is 0.000000245. The van der Waals surface area contributed by atoms with E-state index >= 15 is 0 Å². The van der Waals surface area contributed by atoms with Crippen molar-refractivity contribution in [1.29, 1.82) is 0 Å². The molecule has 2 aromatic heterocycles. The minimum Gasteiger partial charge on any atom is -0.480 e. The molecule has 4 unspecified atom stereocenters. The molecule has 10 aromatic rings. The number of aromatic amines is 2. The zero-order chi connectivity index (χ0) is 82.2. The van der Waals surface area contributed by atoms with Crippen LogP contribution in [0.2, 0.25) is 25.1 Å². The third-order valence-corrected chi connectivity index (χ3v) is 21.4. The minimum absolute atomic E-state index is 0.0157. The van der Waals surface area contributed by atoms with E-state index in [4.69, 9.17) is 72.5 Å². The van der Waals surface area contributed by atoms with Gasteiger partial charge < -0.3 is 30.7 Å². The summed E-state index contributed by atoms with van der Waals surface area (Å²) < 4.78 is 11.8. The molecule has 0 spiro atoms. The molecule has 8 amide bonds. The number of amidine groups is 1. The zero-order valence-corrected chi connectivity index (χ0v) is 68.5. The van der Waals surface area contributed by atoms with E-state index in [0.29, 0.717) is 79.5 Å². The summed E-state index contributed by atoms with van der Waals surface area (Å²) in [4.78, 5) is 129. The van der Waals surface area contributed by atoms with E-state index in [-0.39, 0.29) is 78.8 Å². The first-order chi connectivity index (χ1) is 55.2. The Morgan fingerprint density at radius 1 is 0.591 bits per heavy atom. The second-order valence-electron chi connectivity index (χ2n) is 28.4. The molecule has 26 nitrogen and oxygen atoms in total. The van der Waals surface area contributed by atoms with Gasteiger partial charge >= 0.3 is 6.03 Å². The van der Waals surface area contributed by atoms with Crippen LogP contribution in [-0.4, -0.2) is 130 Å². The number of ether oxygens (including phenoxy) is 2. The number of imide groups is 1. The van der Waals surface area contributed by atoms with Gasteiger partial charge in [-0.15, -0.1) is 11.8 Å². The molecular weight excluding hydrogens is 1590 g/mol. The number of aliphatic imine (C=N–C) groups is 1. The highest BCUT2D eigenvalue weighted by atomic mass is 35.5. The van der Waals surface area contributed by atoms with Gasteiger partial charge in [-0.1, -0.05) is 184 Å². The van der Waals surface area contributed by atoms with Crippen LogP contribution < -0.4 is 36.4 Å². The molecule has 2 aliphatic heterocycles. The van der Waals surface area contributed by atoms with Crippen LogP contribution in [0, 0.1) is 19.3 Å². The fraction of sp³-hybridized carbons (Fsp3) is 0.301. The Kier molecular flexibility index (Phi) is 28.9. The van der Waals surface area contributed by atoms with Crippen molar-refractivity contribution in [3.8, 4) is 5.75 Å². The van der Waals surface area contributed by atoms with Gasteiger partial charge in [0.05, 0.1) is 43.7 Å². The number of ketones is 2. The van der Waals surface area contributed by atoms with Gasteiger partial charge in [-0.2, -0.15) is 30.8 Å². The standard InChI is InChI=1S/C51H52Cl4N8O5S.C32H32ClN7O6/c1-4-43(68-44-24-19-30(2)25-31(44)3)50(66)58-39-15-13-14-17-45(39)69-48-49(61-63(51(48)67)47-36(54)27-33(52)28-37(47)55)57-40-29-34(21-22-35(40)53)56-46(65)18-12-10-8-6-5-7-9-11-16-42(64)32-20-23-38-41(26-32)60-62-59-38;1-5-46-30-29(44)40(31(45)39(30)17-18-9-7-6-8-10-18)25(26(41)32(2,3)4)28(43)35-23-16-20(12-13-21(23)33)34-27(42)19-11-14-22-24(15-19)37-38-36-22/h13-15,17,19-29,43,48H,4-12,16,18H2,1-3H3,(H,56,65)(H,57,61)(H,58,66)(H,59,60,62);6-16,25,30H,5,17H2,1-4H3,(H,34,42)(H,35,43)(H,36,37,38). The molecular formula is C83H84Cl5N15O11S. The number of hydrogen-bond donors (Lipinski definition) is 7. The van der Waals surface area contributed by atoms with Crippen molar-refractivity contribution in [2.24, 2.45) is 10.4 Å². The highest BCUT2D eigenvalue weighted by Crippen LogP contribution is 2.43. The average molecular weight is 1680 g/mol. The summed E-state index contributed by atoms with van der Waals surface area (Å²) in [6, 6.07) is 41.7. The molecule has 0 aliphatic carbocycles. The normalized spacial score (nSPS) is 15.0. The van der Waals surface area contributed by atoms with Gasteiger partial charge in [0.25, 0.3) is 29.5 Å². The van der Waals surface area contributed by atoms with Crippen LogP contribution >= 0.6 is 69.8 Å². The number of para-hydroxylation sites is 1. The molecule has 32 heteroatoms. The maximum Gasteiger partial charge on any atom is 0.330 e. The number of hydrogen-bond acceptors (Lipinski definition) is 17. The molecule has 115 heavy (non-hydrogen) atoms. The Bertz CT molecular complexity index is 5310. The van der Waals surface area contributed by atoms with Gasteiger partial charge in [-0.25, -0.2) is 19.7 Å². The molecule has 598 valence electrons. The Morgan fingerprint density at radius 3 is 1.84 bits per heavy atom. The number of halogens is 5. The van der Waals surface area contributed by atoms with Gasteiger partial charge in [0.2, 0.25) is 12.1 Å². The lowest BCUT2D eigenvalue weighted by Gasteiger charge is -2.29. The number of unbranched alkanes of at least 4 members (excludes halogenated alkanes) is 7. The molecule has 2 fully saturated rings. The number of aryl methyl sites for hydroxylation is 2. The summed E-state index contributed by atoms with van der Waals surface area (Å²) in [5, 5.41) is 33.5. The largest absolute Gasteiger partial charge is 0.480 e. The number of H-pyrrole nitrogens is 2. The van der Waals surface area contributed by atoms with Gasteiger partial charge in [0, 0.05) is 57.3 Å². The number of Topliss-reactive ketones (excluding diaryl/α,β-unsaturated/α-hetero) is 2. The van der Waals surface area contributed by atoms with Crippen LogP contribution in [-0.2, 0) is 40.0 Å². The smallest absolute Gasteiger partial charge is 0.330 e. The quantitative estimate of drug-likeness (QED) is 0.00891. The number of thioether (sulfide) groups is 1. The molecule has 4 heterocycles. The van der Waals surface area contributed by atoms with Gasteiger partial charge in [0.15, 0.2) is 23.7 Å². The molecule has 0 bridgehead atoms. The van der Waals surface area contributed by atoms with E-state index < -0.39 is 64.5 Å². The lowest BCUT2D eigenvalue weighted by atomic mass is 9.85. The number of nitrogens with zero attached hydrogens (tertiary/aromatic N) is 8. The number of nitrogens with one attached hydrogen (secondary N) is 7. The molecule has 7 N–H and O–H groups in total. The molecule has 8 aromatic carbocycles. The number of amides is 8. The summed E-state index contributed by atoms with van der Waals surface area (Å²) in [6.45, 7) is 12.4. The second-order valence-corrected chi connectivity index (χ2v) is 31.6. The number of carbonyl (C=O) groups is 9. The second kappa shape index (κ2) is 39.0. The van der Waals surface area contributed by atoms with Crippen LogP contribution in [0.4, 0.5) is 38.9 Å². The maximum absolute atomic E-state index is 14.5. The third-order valence-electron chi connectivity index (χ3n) is 18.7. The fourth-order valence-electron chi connectivity index (χ4n) is 12.7. The number of benzene rings is 8. The molecule has 2 aliphatic rings. The fourth-order valence-corrected chi connectivity index (χ4v) is 15.1. The number of carbonyl (C=O) groups excluding carboxylic acids is 9. The van der Waals surface area contributed by atoms with E-state index in [1.54, 1.807) is 131 Å². The Hall–Kier alpha value is -10.8. The predicted octanol–water partition coefficient (Wildman–Crippen LogP) is 18.1. The van der Waals surface area contributed by atoms with Crippen LogP contribution in [0.3, 0.4) is 0 Å². The van der Waals surface area contributed by atoms with Crippen molar-refractivity contribution < 1.29 is 52.6 Å². The van der Waals surface area contributed by atoms with Crippen molar-refractivity contribution in [2.75, 3.05) is 32.9 Å². The van der Waals surface area contributed by atoms with Crippen molar-refractivity contribution >= 4 is 185 Å². The van der Waals surface area contributed by atoms with E-state index in [0.717, 1.165) is 85.3 Å². The number of hydrazine groups is 1. The van der Waals surface area contributed by atoms with Crippen LogP contribution in [0.5, 0.6) is 5.75 Å². The molecule has 12 rings (SSSR count). The summed E-state index contributed by atoms with van der Waals surface area (Å²) in [5.41, 5.74) is 9.95. The number of rotatable bonds is 32. The first-order valence-corrected chi connectivity index (χ1v) is 40.1. The summed E-state index contributed by atoms with van der Waals surface area (Å²) in [7, 11) is 0. The lowest BCUT2D eigenvalue weighted by Crippen LogP contribution is -2.55. The summed E-state index contributed by atoms with van der Waals surface area (Å²) >= 11 is 33.8. The Labute approximate surface area is 692 Å². The van der Waals surface area contributed by atoms with Crippen molar-refractivity contribution in [3.05, 3.63) is 211 Å². The maximum atomic E-state index is 14.5. The minimum atomic E-state index is -1.84. The van der Waals surface area contributed by atoms with E-state index in [1.165, 1.54) is 40.2 Å². The van der Waals surface area contributed by atoms with Crippen LogP contribution in [0.15, 0.2) is 168 Å². The molecule has 4 atom stereocenters. The van der Waals surface area contributed by atoms with Crippen LogP contribution in [0.25, 0.3) is 22.1 Å². The Morgan fingerprint density at radius 2 is 1.19 bits per heavy atom. The number of urea groups is 1. The highest BCUT2D eigenvalue weighted by molar-refractivity contribution is 8.01. The van der Waals surface area contributed by atoms with Crippen molar-refractivity contribution in [3.63, 3.8) is 0 Å². The molecule has 0 saturated carbocycles. The van der Waals surface area contributed by atoms with Crippen molar-refractivity contribution in [1.82, 2.24) is 46.0 Å². The van der Waals surface area contributed by atoms with Gasteiger partial charge in [0.1, 0.15) is 44.6 Å². The zero-order valence-electron chi connectivity index (χ0n) is 63.9. The molecule has 0 radical (unpaired) electrons. The monoisotopic (exact) mass is 1670 g/mol. The van der Waals surface area contributed by atoms with Crippen LogP contribution in [0.1, 0.15) is 143 Å². The summed E-state index contributed by atoms with van der Waals surface area (Å²) in [5.74, 6) is -2.95. The SMILES string of the molecule is CCC(Oc1ccc(C)cc1C)C(=O)Nc1ccccc1SC1C(=O)N(c2c(Cl)cc(Cl)cc2Cl)NC1=Nc1cc(NC(=O)CCCCCCCCCCC(=O)c2ccc3n[nH]nc3c2)ccc1Cl.CCOC1C(=O)N(C(C(=O)Nc2cc(NC(=O)c3ccc4n[nH]nc4c3)ccc2Cl)C(=O)C(C)(C)C)C(=O)N1Cc1ccccc1. The predicted molar refractivity (Wildman–Crippen MR) is 449 cm³/mol. The van der Waals surface area contributed by atoms with Gasteiger partial charge in [-0.05, 0) is 154 Å². The third kappa shape index (κ3) is 21.6. The van der Waals surface area contributed by atoms with Gasteiger partial charge in [-0.3, -0.25) is 48.7 Å². The molecule has 2 saturated heterocycles. The number of aromatic nitrogens is 6. The first kappa shape index (κ1) is 85.1. The first-order valence-electron chi connectivity index (χ1n) is 37.3. The average Bonchev–Trinajstić information content (AvgIpc) is 1.57. The summed E-state index contributed by atoms with van der Waals surface area (Å²) in [6.07, 6.45) is 6.82. The highest BCUT2D eigenvalue weighted by Gasteiger charge is 2.54. The lowest BCUT2D eigenvalue weighted by molar-refractivity contribution is -0.149.